The van der Waals surface area contributed by atoms with Crippen molar-refractivity contribution in [1.82, 2.24) is 0 Å². The van der Waals surface area contributed by atoms with Gasteiger partial charge in [-0.05, 0) is 22.2 Å². The Morgan fingerprint density at radius 2 is 1.58 bits per heavy atom. The molecule has 2 aromatic rings. The van der Waals surface area contributed by atoms with E-state index in [0.29, 0.717) is 5.92 Å². The number of hydrogen-bond acceptors (Lipinski definition) is 3. The zero-order valence-corrected chi connectivity index (χ0v) is 14.8. The first-order chi connectivity index (χ1) is 12.6. The third-order valence-corrected chi connectivity index (χ3v) is 5.43. The van der Waals surface area contributed by atoms with Crippen LogP contribution < -0.4 is 0 Å². The molecule has 2 aliphatic rings. The minimum absolute atomic E-state index is 0.0389. The van der Waals surface area contributed by atoms with Gasteiger partial charge in [0, 0.05) is 22.1 Å². The average molecular weight is 339 g/mol. The van der Waals surface area contributed by atoms with Crippen molar-refractivity contribution in [3.8, 4) is 6.07 Å². The van der Waals surface area contributed by atoms with Crippen LogP contribution in [0.2, 0.25) is 0 Å². The van der Waals surface area contributed by atoms with Crippen LogP contribution in [0.5, 0.6) is 0 Å². The van der Waals surface area contributed by atoms with Crippen molar-refractivity contribution < 1.29 is 4.68 Å². The van der Waals surface area contributed by atoms with Crippen LogP contribution >= 0.6 is 0 Å². The number of hydrogen-bond donors (Lipinski definition) is 1. The molecule has 2 aromatic carbocycles. The third-order valence-electron chi connectivity index (χ3n) is 5.43. The molecular formula is C22H19N4+. The van der Waals surface area contributed by atoms with Crippen molar-refractivity contribution in [1.29, 1.82) is 10.7 Å². The van der Waals surface area contributed by atoms with Gasteiger partial charge in [-0.1, -0.05) is 62.4 Å². The molecule has 1 heterocycles. The molecule has 1 fully saturated rings. The number of benzene rings is 2. The van der Waals surface area contributed by atoms with Gasteiger partial charge in [0.05, 0.1) is 11.8 Å². The van der Waals surface area contributed by atoms with Gasteiger partial charge in [-0.3, -0.25) is 5.41 Å². The van der Waals surface area contributed by atoms with E-state index in [4.69, 9.17) is 10.5 Å². The number of nitrogens with one attached hydrogen (secondary N) is 1. The number of hydrazone groups is 1. The van der Waals surface area contributed by atoms with Crippen LogP contribution in [-0.4, -0.2) is 22.0 Å². The molecule has 1 aliphatic carbocycles. The maximum absolute atomic E-state index is 9.54. The fraction of sp³-hybridized carbons (Fsp3) is 0.227. The Balaban J connectivity index is 2.01. The molecule has 0 bridgehead atoms. The predicted molar refractivity (Wildman–Crippen MR) is 101 cm³/mol. The van der Waals surface area contributed by atoms with E-state index in [1.165, 1.54) is 0 Å². The topological polar surface area (TPSA) is 63.0 Å². The molecule has 0 unspecified atom stereocenters. The smallest absolute Gasteiger partial charge is 0.252 e. The SMILES string of the molecule is CC1(C)[C@@H]2C(c3ccccc3)=[N+](C(=C=N)C#N)N=C(c3ccccc3)[C@@H]21. The lowest BCUT2D eigenvalue weighted by Gasteiger charge is -2.11. The molecule has 0 amide bonds. The maximum Gasteiger partial charge on any atom is 0.376 e. The number of allylic oxidation sites excluding steroid dienone is 1. The van der Waals surface area contributed by atoms with Crippen LogP contribution in [0.25, 0.3) is 0 Å². The van der Waals surface area contributed by atoms with Crippen molar-refractivity contribution in [3.05, 3.63) is 77.5 Å². The average Bonchev–Trinajstić information content (AvgIpc) is 3.25. The highest BCUT2D eigenvalue weighted by Gasteiger charge is 2.68. The van der Waals surface area contributed by atoms with Crippen molar-refractivity contribution in [2.24, 2.45) is 22.4 Å². The summed E-state index contributed by atoms with van der Waals surface area (Å²) in [6.45, 7) is 4.49. The quantitative estimate of drug-likeness (QED) is 0.515. The van der Waals surface area contributed by atoms with Gasteiger partial charge in [-0.25, -0.2) is 0 Å². The first kappa shape index (κ1) is 16.2. The molecule has 0 spiro atoms. The number of nitrogens with zero attached hydrogens (tertiary/aromatic N) is 3. The van der Waals surface area contributed by atoms with Crippen molar-refractivity contribution in [2.45, 2.75) is 13.8 Å². The second-order valence-electron chi connectivity index (χ2n) is 7.28. The molecule has 2 atom stereocenters. The first-order valence-corrected chi connectivity index (χ1v) is 8.65. The summed E-state index contributed by atoms with van der Waals surface area (Å²) in [7, 11) is 0. The van der Waals surface area contributed by atoms with Crippen molar-refractivity contribution in [3.63, 3.8) is 0 Å². The van der Waals surface area contributed by atoms with E-state index in [0.717, 1.165) is 22.6 Å². The van der Waals surface area contributed by atoms with Crippen LogP contribution in [0.15, 0.2) is 71.5 Å². The molecule has 0 radical (unpaired) electrons. The molecule has 4 rings (SSSR count). The van der Waals surface area contributed by atoms with Gasteiger partial charge < -0.3 is 0 Å². The minimum atomic E-state index is 0.0389. The van der Waals surface area contributed by atoms with Crippen LogP contribution in [0.1, 0.15) is 25.0 Å². The van der Waals surface area contributed by atoms with Gasteiger partial charge in [0.1, 0.15) is 5.71 Å². The fourth-order valence-corrected chi connectivity index (χ4v) is 4.07. The summed E-state index contributed by atoms with van der Waals surface area (Å²) < 4.78 is 1.63. The van der Waals surface area contributed by atoms with Crippen LogP contribution in [0.3, 0.4) is 0 Å². The summed E-state index contributed by atoms with van der Waals surface area (Å²) in [5, 5.41) is 21.9. The highest BCUT2D eigenvalue weighted by atomic mass is 15.4. The summed E-state index contributed by atoms with van der Waals surface area (Å²) in [5.74, 6) is 2.80. The predicted octanol–water partition coefficient (Wildman–Crippen LogP) is 3.83. The van der Waals surface area contributed by atoms with E-state index >= 15 is 0 Å². The second kappa shape index (κ2) is 5.91. The fourth-order valence-electron chi connectivity index (χ4n) is 4.07. The molecule has 0 saturated heterocycles. The Morgan fingerprint density at radius 1 is 1.00 bits per heavy atom. The highest BCUT2D eigenvalue weighted by Crippen LogP contribution is 2.62. The minimum Gasteiger partial charge on any atom is -0.252 e. The lowest BCUT2D eigenvalue weighted by atomic mass is 9.98. The highest BCUT2D eigenvalue weighted by molar-refractivity contribution is 6.13. The van der Waals surface area contributed by atoms with Gasteiger partial charge in [0.15, 0.2) is 6.07 Å². The van der Waals surface area contributed by atoms with E-state index in [-0.39, 0.29) is 17.0 Å². The van der Waals surface area contributed by atoms with Crippen LogP contribution in [0, 0.1) is 34.0 Å². The van der Waals surface area contributed by atoms with E-state index in [9.17, 15) is 5.26 Å². The Morgan fingerprint density at radius 3 is 2.12 bits per heavy atom. The number of nitriles is 1. The zero-order chi connectivity index (χ0) is 18.3. The second-order valence-corrected chi connectivity index (χ2v) is 7.28. The van der Waals surface area contributed by atoms with Crippen LogP contribution in [0.4, 0.5) is 0 Å². The molecule has 4 nitrogen and oxygen atoms in total. The molecule has 1 N–H and O–H groups in total. The van der Waals surface area contributed by atoms with Gasteiger partial charge >= 0.3 is 5.70 Å². The summed E-state index contributed by atoms with van der Waals surface area (Å²) in [6, 6.07) is 22.2. The van der Waals surface area contributed by atoms with E-state index < -0.39 is 0 Å². The van der Waals surface area contributed by atoms with Gasteiger partial charge in [0.25, 0.3) is 0 Å². The number of rotatable bonds is 3. The van der Waals surface area contributed by atoms with Gasteiger partial charge in [0.2, 0.25) is 5.71 Å². The number of fused-ring (bicyclic) bond motifs is 1. The maximum atomic E-state index is 9.54. The summed E-state index contributed by atoms with van der Waals surface area (Å²) in [6.07, 6.45) is 0. The third kappa shape index (κ3) is 2.34. The van der Waals surface area contributed by atoms with Crippen molar-refractivity contribution >= 4 is 17.3 Å². The summed E-state index contributed by atoms with van der Waals surface area (Å²) in [4.78, 5) is 0. The molecular weight excluding hydrogens is 320 g/mol. The van der Waals surface area contributed by atoms with E-state index in [2.05, 4.69) is 37.9 Å². The molecule has 1 aliphatic heterocycles. The lowest BCUT2D eigenvalue weighted by molar-refractivity contribution is -0.476. The molecule has 126 valence electrons. The molecule has 1 saturated carbocycles. The van der Waals surface area contributed by atoms with E-state index in [1.807, 2.05) is 48.5 Å². The summed E-state index contributed by atoms with van der Waals surface area (Å²) in [5.41, 5.74) is 4.20. The monoisotopic (exact) mass is 339 g/mol. The lowest BCUT2D eigenvalue weighted by Crippen LogP contribution is -2.28. The Bertz CT molecular complexity index is 1020. The molecule has 4 heteroatoms. The Kier molecular flexibility index (Phi) is 3.68. The van der Waals surface area contributed by atoms with Crippen molar-refractivity contribution in [2.75, 3.05) is 0 Å². The summed E-state index contributed by atoms with van der Waals surface area (Å²) >= 11 is 0. The largest absolute Gasteiger partial charge is 0.376 e. The Labute approximate surface area is 152 Å². The van der Waals surface area contributed by atoms with E-state index in [1.54, 1.807) is 4.68 Å². The molecule has 26 heavy (non-hydrogen) atoms. The Hall–Kier alpha value is -3.28. The van der Waals surface area contributed by atoms with Crippen LogP contribution in [-0.2, 0) is 0 Å². The first-order valence-electron chi connectivity index (χ1n) is 8.65. The normalized spacial score (nSPS) is 22.6. The standard InChI is InChI=1S/C22H19N4/c1-22(2)18-19(22)21(16-11-7-4-8-12-16)26(17(13-23)14-24)25-20(18)15-9-5-3-6-10-15/h3-12,18-19,23H,1-2H3/q+1/t18-,19+/m1/s1. The zero-order valence-electron chi connectivity index (χ0n) is 14.8. The van der Waals surface area contributed by atoms with Gasteiger partial charge in [-0.2, -0.15) is 5.26 Å². The van der Waals surface area contributed by atoms with Gasteiger partial charge in [-0.15, -0.1) is 0 Å². The molecule has 0 aromatic heterocycles.